The van der Waals surface area contributed by atoms with E-state index in [9.17, 15) is 9.90 Å². The molecule has 1 amide bonds. The van der Waals surface area contributed by atoms with Gasteiger partial charge in [-0.25, -0.2) is 0 Å². The number of nitrogens with one attached hydrogen (secondary N) is 1. The van der Waals surface area contributed by atoms with E-state index in [1.807, 2.05) is 37.3 Å². The molecule has 3 atom stereocenters. The van der Waals surface area contributed by atoms with Gasteiger partial charge in [0.1, 0.15) is 0 Å². The molecule has 0 saturated heterocycles. The highest BCUT2D eigenvalue weighted by molar-refractivity contribution is 5.83. The minimum Gasteiger partial charge on any atom is -0.393 e. The maximum absolute atomic E-state index is 12.4. The van der Waals surface area contributed by atoms with Crippen molar-refractivity contribution in [1.29, 1.82) is 0 Å². The number of carbonyl (C=O) groups is 1. The van der Waals surface area contributed by atoms with E-state index < -0.39 is 0 Å². The maximum Gasteiger partial charge on any atom is 0.227 e. The number of amides is 1. The van der Waals surface area contributed by atoms with Crippen molar-refractivity contribution < 1.29 is 9.90 Å². The van der Waals surface area contributed by atoms with E-state index >= 15 is 0 Å². The van der Waals surface area contributed by atoms with Crippen LogP contribution in [0.4, 0.5) is 0 Å². The predicted octanol–water partition coefficient (Wildman–Crippen LogP) is 2.95. The van der Waals surface area contributed by atoms with Gasteiger partial charge in [-0.15, -0.1) is 0 Å². The second kappa shape index (κ2) is 8.05. The molecule has 20 heavy (non-hydrogen) atoms. The third-order valence-corrected chi connectivity index (χ3v) is 3.48. The van der Waals surface area contributed by atoms with Crippen molar-refractivity contribution >= 4 is 5.91 Å². The highest BCUT2D eigenvalue weighted by Gasteiger charge is 2.24. The second-order valence-electron chi connectivity index (χ2n) is 6.07. The van der Waals surface area contributed by atoms with Crippen molar-refractivity contribution in [3.8, 4) is 0 Å². The first-order valence-corrected chi connectivity index (χ1v) is 7.42. The highest BCUT2D eigenvalue weighted by Crippen LogP contribution is 2.24. The Labute approximate surface area is 122 Å². The number of hydrogen-bond donors (Lipinski definition) is 2. The lowest BCUT2D eigenvalue weighted by molar-refractivity contribution is -0.123. The van der Waals surface area contributed by atoms with E-state index in [1.54, 1.807) is 6.92 Å². The Balaban J connectivity index is 2.62. The molecule has 3 unspecified atom stereocenters. The minimum atomic E-state index is -0.322. The number of aliphatic hydroxyl groups is 1. The zero-order valence-corrected chi connectivity index (χ0v) is 13.0. The standard InChI is InChI=1S/C17H27NO2/c1-12(2)16(15-8-6-5-7-9-15)17(20)18-11-13(3)10-14(4)19/h5-9,12-14,16,19H,10-11H2,1-4H3,(H,18,20). The van der Waals surface area contributed by atoms with Gasteiger partial charge in [0.05, 0.1) is 12.0 Å². The van der Waals surface area contributed by atoms with Gasteiger partial charge in [-0.05, 0) is 30.7 Å². The average Bonchev–Trinajstić information content (AvgIpc) is 2.36. The van der Waals surface area contributed by atoms with Gasteiger partial charge in [0.15, 0.2) is 0 Å². The summed E-state index contributed by atoms with van der Waals surface area (Å²) in [5.41, 5.74) is 1.06. The Morgan fingerprint density at radius 3 is 2.25 bits per heavy atom. The van der Waals surface area contributed by atoms with Gasteiger partial charge in [0, 0.05) is 6.54 Å². The number of benzene rings is 1. The molecule has 3 heteroatoms. The predicted molar refractivity (Wildman–Crippen MR) is 82.5 cm³/mol. The van der Waals surface area contributed by atoms with E-state index in [0.717, 1.165) is 5.56 Å². The number of aliphatic hydroxyl groups excluding tert-OH is 1. The van der Waals surface area contributed by atoms with Crippen molar-refractivity contribution in [3.63, 3.8) is 0 Å². The summed E-state index contributed by atoms with van der Waals surface area (Å²) < 4.78 is 0. The largest absolute Gasteiger partial charge is 0.393 e. The van der Waals surface area contributed by atoms with Crippen molar-refractivity contribution in [2.24, 2.45) is 11.8 Å². The van der Waals surface area contributed by atoms with Gasteiger partial charge in [-0.3, -0.25) is 4.79 Å². The number of rotatable bonds is 7. The van der Waals surface area contributed by atoms with Gasteiger partial charge in [-0.2, -0.15) is 0 Å². The molecule has 0 fully saturated rings. The van der Waals surface area contributed by atoms with Crippen LogP contribution < -0.4 is 5.32 Å². The fourth-order valence-corrected chi connectivity index (χ4v) is 2.55. The Kier molecular flexibility index (Phi) is 6.73. The molecular formula is C17H27NO2. The summed E-state index contributed by atoms with van der Waals surface area (Å²) in [5, 5.41) is 12.4. The smallest absolute Gasteiger partial charge is 0.227 e. The minimum absolute atomic E-state index is 0.0728. The van der Waals surface area contributed by atoms with Crippen LogP contribution in [-0.2, 0) is 4.79 Å². The SMILES string of the molecule is CC(O)CC(C)CNC(=O)C(c1ccccc1)C(C)C. The Bertz CT molecular complexity index is 401. The molecule has 112 valence electrons. The molecular weight excluding hydrogens is 250 g/mol. The molecule has 3 nitrogen and oxygen atoms in total. The molecule has 1 rings (SSSR count). The zero-order valence-electron chi connectivity index (χ0n) is 13.0. The second-order valence-corrected chi connectivity index (χ2v) is 6.07. The first kappa shape index (κ1) is 16.7. The van der Waals surface area contributed by atoms with E-state index in [-0.39, 0.29) is 29.8 Å². The lowest BCUT2D eigenvalue weighted by Gasteiger charge is -2.22. The van der Waals surface area contributed by atoms with Crippen LogP contribution in [0.5, 0.6) is 0 Å². The van der Waals surface area contributed by atoms with Crippen LogP contribution >= 0.6 is 0 Å². The Morgan fingerprint density at radius 1 is 1.15 bits per heavy atom. The molecule has 0 bridgehead atoms. The summed E-state index contributed by atoms with van der Waals surface area (Å²) in [6.07, 6.45) is 0.384. The molecule has 0 spiro atoms. The van der Waals surface area contributed by atoms with Gasteiger partial charge < -0.3 is 10.4 Å². The highest BCUT2D eigenvalue weighted by atomic mass is 16.3. The van der Waals surface area contributed by atoms with Crippen LogP contribution in [0.2, 0.25) is 0 Å². The summed E-state index contributed by atoms with van der Waals surface area (Å²) in [7, 11) is 0. The van der Waals surface area contributed by atoms with E-state index in [1.165, 1.54) is 0 Å². The van der Waals surface area contributed by atoms with Crippen LogP contribution in [0.15, 0.2) is 30.3 Å². The van der Waals surface area contributed by atoms with Gasteiger partial charge >= 0.3 is 0 Å². The van der Waals surface area contributed by atoms with Crippen molar-refractivity contribution in [2.45, 2.75) is 46.1 Å². The van der Waals surface area contributed by atoms with Crippen LogP contribution in [0.25, 0.3) is 0 Å². The van der Waals surface area contributed by atoms with Crippen molar-refractivity contribution in [2.75, 3.05) is 6.54 Å². The average molecular weight is 277 g/mol. The molecule has 0 aliphatic carbocycles. The number of hydrogen-bond acceptors (Lipinski definition) is 2. The summed E-state index contributed by atoms with van der Waals surface area (Å²) in [5.74, 6) is 0.491. The molecule has 2 N–H and O–H groups in total. The summed E-state index contributed by atoms with van der Waals surface area (Å²) >= 11 is 0. The van der Waals surface area contributed by atoms with Crippen molar-refractivity contribution in [1.82, 2.24) is 5.32 Å². The molecule has 0 aromatic heterocycles. The lowest BCUT2D eigenvalue weighted by atomic mass is 9.87. The normalized spacial score (nSPS) is 15.7. The first-order valence-electron chi connectivity index (χ1n) is 7.42. The fraction of sp³-hybridized carbons (Fsp3) is 0.588. The van der Waals surface area contributed by atoms with Crippen LogP contribution in [0.3, 0.4) is 0 Å². The van der Waals surface area contributed by atoms with E-state index in [2.05, 4.69) is 19.2 Å². The van der Waals surface area contributed by atoms with Gasteiger partial charge in [-0.1, -0.05) is 51.1 Å². The van der Waals surface area contributed by atoms with Crippen LogP contribution in [-0.4, -0.2) is 23.7 Å². The first-order chi connectivity index (χ1) is 9.41. The van der Waals surface area contributed by atoms with Gasteiger partial charge in [0.2, 0.25) is 5.91 Å². The van der Waals surface area contributed by atoms with E-state index in [4.69, 9.17) is 0 Å². The lowest BCUT2D eigenvalue weighted by Crippen LogP contribution is -2.35. The molecule has 0 heterocycles. The van der Waals surface area contributed by atoms with E-state index in [0.29, 0.717) is 13.0 Å². The van der Waals surface area contributed by atoms with Crippen LogP contribution in [0, 0.1) is 11.8 Å². The molecule has 0 saturated carbocycles. The molecule has 1 aromatic carbocycles. The molecule has 0 aliphatic heterocycles. The van der Waals surface area contributed by atoms with Gasteiger partial charge in [0.25, 0.3) is 0 Å². The molecule has 1 aromatic rings. The summed E-state index contributed by atoms with van der Waals surface area (Å²) in [4.78, 5) is 12.4. The third kappa shape index (κ3) is 5.33. The molecule has 0 aliphatic rings. The molecule has 0 radical (unpaired) electrons. The number of carbonyl (C=O) groups excluding carboxylic acids is 1. The summed E-state index contributed by atoms with van der Waals surface area (Å²) in [6.45, 7) is 8.56. The fourth-order valence-electron chi connectivity index (χ4n) is 2.55. The van der Waals surface area contributed by atoms with Crippen LogP contribution in [0.1, 0.15) is 45.6 Å². The quantitative estimate of drug-likeness (QED) is 0.805. The topological polar surface area (TPSA) is 49.3 Å². The summed E-state index contributed by atoms with van der Waals surface area (Å²) in [6, 6.07) is 9.90. The Hall–Kier alpha value is -1.35. The van der Waals surface area contributed by atoms with Crippen molar-refractivity contribution in [3.05, 3.63) is 35.9 Å². The monoisotopic (exact) mass is 277 g/mol. The Morgan fingerprint density at radius 2 is 1.75 bits per heavy atom. The zero-order chi connectivity index (χ0) is 15.1. The maximum atomic E-state index is 12.4. The third-order valence-electron chi connectivity index (χ3n) is 3.48.